The van der Waals surface area contributed by atoms with E-state index in [2.05, 4.69) is 0 Å². The van der Waals surface area contributed by atoms with Crippen molar-refractivity contribution in [3.05, 3.63) is 35.9 Å². The molecule has 1 N–H and O–H groups in total. The van der Waals surface area contributed by atoms with Crippen LogP contribution in [-0.2, 0) is 25.5 Å². The lowest BCUT2D eigenvalue weighted by atomic mass is 9.98. The average Bonchev–Trinajstić information content (AvgIpc) is 2.76. The fraction of sp³-hybridized carbons (Fsp3) is 0.600. The molecule has 1 heterocycles. The molecule has 0 saturated carbocycles. The zero-order chi connectivity index (χ0) is 20.2. The van der Waals surface area contributed by atoms with Gasteiger partial charge in [-0.05, 0) is 53.0 Å². The van der Waals surface area contributed by atoms with Crippen LogP contribution < -0.4 is 0 Å². The number of nitrogens with zero attached hydrogens (tertiary/aromatic N) is 1. The van der Waals surface area contributed by atoms with Gasteiger partial charge in [0.15, 0.2) is 0 Å². The Morgan fingerprint density at radius 3 is 2.41 bits per heavy atom. The van der Waals surface area contributed by atoms with Gasteiger partial charge in [-0.3, -0.25) is 4.79 Å². The number of carbonyl (C=O) groups is 2. The number of benzene rings is 1. The van der Waals surface area contributed by atoms with Crippen LogP contribution in [0.15, 0.2) is 30.3 Å². The van der Waals surface area contributed by atoms with E-state index < -0.39 is 29.6 Å². The fourth-order valence-electron chi connectivity index (χ4n) is 3.16. The van der Waals surface area contributed by atoms with Crippen molar-refractivity contribution in [2.45, 2.75) is 77.4 Å². The van der Waals surface area contributed by atoms with Gasteiger partial charge in [0.05, 0.1) is 12.1 Å². The molecule has 0 aliphatic carbocycles. The summed E-state index contributed by atoms with van der Waals surface area (Å²) in [4.78, 5) is 28.8. The van der Waals surface area contributed by atoms with Crippen LogP contribution in [0.1, 0.15) is 53.0 Å². The van der Waals surface area contributed by atoms with Gasteiger partial charge < -0.3 is 19.4 Å². The summed E-state index contributed by atoms with van der Waals surface area (Å²) in [5.74, 6) is -0.888. The Morgan fingerprint density at radius 1 is 1.22 bits per heavy atom. The van der Waals surface area contributed by atoms with Crippen molar-refractivity contribution in [2.75, 3.05) is 0 Å². The molecule has 0 unspecified atom stereocenters. The molecule has 0 aromatic heterocycles. The van der Waals surface area contributed by atoms with Crippen LogP contribution in [0.2, 0.25) is 0 Å². The maximum absolute atomic E-state index is 12.2. The smallest absolute Gasteiger partial charge is 0.481 e. The lowest BCUT2D eigenvalue weighted by molar-refractivity contribution is -0.235. The average molecular weight is 379 g/mol. The van der Waals surface area contributed by atoms with Gasteiger partial charge in [-0.25, -0.2) is 4.79 Å². The largest absolute Gasteiger partial charge is 0.528 e. The van der Waals surface area contributed by atoms with Crippen molar-refractivity contribution in [3.8, 4) is 0 Å². The number of carbonyl (C=O) groups excluding carboxylic acids is 1. The van der Waals surface area contributed by atoms with E-state index in [9.17, 15) is 9.59 Å². The topological polar surface area (TPSA) is 85.3 Å². The highest BCUT2D eigenvalue weighted by Crippen LogP contribution is 2.36. The minimum absolute atomic E-state index is 0.0215. The minimum atomic E-state index is -0.903. The Bertz CT molecular complexity index is 652. The maximum Gasteiger partial charge on any atom is 0.528 e. The standard InChI is InChI=1S/C20H29NO6/c1-19(2,3)26-18(24)27-21-15(13-14-9-7-6-8-10-14)16(11-12-17(22)23)25-20(21,4)5/h6-10,15-16H,11-13H2,1-5H3,(H,22,23)/t15-,16-/m0/s1. The van der Waals surface area contributed by atoms with Gasteiger partial charge in [-0.1, -0.05) is 35.4 Å². The summed E-state index contributed by atoms with van der Waals surface area (Å²) >= 11 is 0. The Balaban J connectivity index is 2.22. The highest BCUT2D eigenvalue weighted by atomic mass is 16.8. The van der Waals surface area contributed by atoms with E-state index >= 15 is 0 Å². The molecule has 7 heteroatoms. The molecule has 0 bridgehead atoms. The SMILES string of the molecule is CC(C)(C)OC(=O)ON1[C@@H](Cc2ccccc2)[C@H](CCC(=O)O)OC1(C)C. The number of aliphatic carboxylic acids is 1. The van der Waals surface area contributed by atoms with Gasteiger partial charge in [0, 0.05) is 6.42 Å². The minimum Gasteiger partial charge on any atom is -0.481 e. The molecule has 1 aromatic carbocycles. The van der Waals surface area contributed by atoms with Gasteiger partial charge in [0.1, 0.15) is 11.3 Å². The Labute approximate surface area is 160 Å². The lowest BCUT2D eigenvalue weighted by Crippen LogP contribution is -2.47. The molecule has 1 fully saturated rings. The molecular weight excluding hydrogens is 350 g/mol. The molecule has 1 aliphatic heterocycles. The Morgan fingerprint density at radius 2 is 1.85 bits per heavy atom. The highest BCUT2D eigenvalue weighted by Gasteiger charge is 2.50. The zero-order valence-corrected chi connectivity index (χ0v) is 16.6. The van der Waals surface area contributed by atoms with Gasteiger partial charge in [0.2, 0.25) is 0 Å². The van der Waals surface area contributed by atoms with Gasteiger partial charge in [0.25, 0.3) is 0 Å². The number of rotatable bonds is 6. The number of hydrogen-bond donors (Lipinski definition) is 1. The number of ether oxygens (including phenoxy) is 2. The van der Waals surface area contributed by atoms with E-state index in [1.54, 1.807) is 34.6 Å². The fourth-order valence-corrected chi connectivity index (χ4v) is 3.16. The van der Waals surface area contributed by atoms with Crippen LogP contribution in [0.5, 0.6) is 0 Å². The molecule has 7 nitrogen and oxygen atoms in total. The van der Waals surface area contributed by atoms with Gasteiger partial charge in [-0.15, -0.1) is 0 Å². The first-order valence-corrected chi connectivity index (χ1v) is 9.12. The first-order valence-electron chi connectivity index (χ1n) is 9.12. The summed E-state index contributed by atoms with van der Waals surface area (Å²) < 4.78 is 11.3. The lowest BCUT2D eigenvalue weighted by Gasteiger charge is -2.32. The van der Waals surface area contributed by atoms with Crippen LogP contribution >= 0.6 is 0 Å². The number of hydrogen-bond acceptors (Lipinski definition) is 6. The quantitative estimate of drug-likeness (QED) is 0.753. The summed E-state index contributed by atoms with van der Waals surface area (Å²) in [6, 6.07) is 9.42. The second kappa shape index (κ2) is 8.27. The molecule has 27 heavy (non-hydrogen) atoms. The first kappa shape index (κ1) is 21.2. The Hall–Kier alpha value is -2.12. The predicted octanol–water partition coefficient (Wildman–Crippen LogP) is 3.77. The molecule has 2 rings (SSSR count). The third kappa shape index (κ3) is 6.22. The van der Waals surface area contributed by atoms with Crippen molar-refractivity contribution in [1.82, 2.24) is 5.06 Å². The third-order valence-electron chi connectivity index (χ3n) is 4.19. The van der Waals surface area contributed by atoms with Gasteiger partial charge >= 0.3 is 12.1 Å². The second-order valence-electron chi connectivity index (χ2n) is 8.17. The van der Waals surface area contributed by atoms with E-state index in [1.807, 2.05) is 30.3 Å². The molecule has 2 atom stereocenters. The van der Waals surface area contributed by atoms with E-state index in [1.165, 1.54) is 5.06 Å². The molecule has 1 saturated heterocycles. The predicted molar refractivity (Wildman–Crippen MR) is 98.9 cm³/mol. The van der Waals surface area contributed by atoms with Crippen LogP contribution in [0.4, 0.5) is 4.79 Å². The summed E-state index contributed by atoms with van der Waals surface area (Å²) in [5, 5.41) is 10.5. The number of hydroxylamine groups is 2. The Kier molecular flexibility index (Phi) is 6.49. The zero-order valence-electron chi connectivity index (χ0n) is 16.6. The molecule has 150 valence electrons. The van der Waals surface area contributed by atoms with E-state index in [0.717, 1.165) is 5.56 Å². The summed E-state index contributed by atoms with van der Waals surface area (Å²) in [6.45, 7) is 8.86. The summed E-state index contributed by atoms with van der Waals surface area (Å²) in [7, 11) is 0. The van der Waals surface area contributed by atoms with Crippen molar-refractivity contribution < 1.29 is 29.0 Å². The van der Waals surface area contributed by atoms with Crippen LogP contribution in [0, 0.1) is 0 Å². The molecule has 0 spiro atoms. The molecule has 0 amide bonds. The molecular formula is C20H29NO6. The van der Waals surface area contributed by atoms with Crippen molar-refractivity contribution in [2.24, 2.45) is 0 Å². The normalized spacial score (nSPS) is 22.4. The van der Waals surface area contributed by atoms with Crippen molar-refractivity contribution in [1.29, 1.82) is 0 Å². The van der Waals surface area contributed by atoms with E-state index in [-0.39, 0.29) is 12.5 Å². The molecule has 1 aromatic rings. The summed E-state index contributed by atoms with van der Waals surface area (Å²) in [6.07, 6.45) is -0.344. The number of carboxylic acids is 1. The summed E-state index contributed by atoms with van der Waals surface area (Å²) in [5.41, 5.74) is -0.541. The van der Waals surface area contributed by atoms with Crippen molar-refractivity contribution in [3.63, 3.8) is 0 Å². The third-order valence-corrected chi connectivity index (χ3v) is 4.19. The van der Waals surface area contributed by atoms with Crippen molar-refractivity contribution >= 4 is 12.1 Å². The first-order chi connectivity index (χ1) is 12.5. The monoisotopic (exact) mass is 379 g/mol. The van der Waals surface area contributed by atoms with Gasteiger partial charge in [-0.2, -0.15) is 0 Å². The molecule has 0 radical (unpaired) electrons. The molecule has 1 aliphatic rings. The van der Waals surface area contributed by atoms with E-state index in [0.29, 0.717) is 12.8 Å². The van der Waals surface area contributed by atoms with Crippen LogP contribution in [0.3, 0.4) is 0 Å². The van der Waals surface area contributed by atoms with Crippen LogP contribution in [-0.4, -0.2) is 45.8 Å². The second-order valence-corrected chi connectivity index (χ2v) is 8.17. The maximum atomic E-state index is 12.2. The van der Waals surface area contributed by atoms with Crippen LogP contribution in [0.25, 0.3) is 0 Å². The number of carboxylic acid groups (broad SMARTS) is 1. The van der Waals surface area contributed by atoms with E-state index in [4.69, 9.17) is 19.4 Å². The highest BCUT2D eigenvalue weighted by molar-refractivity contribution is 5.66.